The maximum atomic E-state index is 5.09. The Morgan fingerprint density at radius 3 is 2.90 bits per heavy atom. The zero-order valence-corrected chi connectivity index (χ0v) is 13.4. The van der Waals surface area contributed by atoms with E-state index in [1.807, 2.05) is 13.0 Å². The van der Waals surface area contributed by atoms with Gasteiger partial charge in [0.1, 0.15) is 0 Å². The molecule has 118 valence electrons. The lowest BCUT2D eigenvalue weighted by Gasteiger charge is -2.21. The Bertz CT molecular complexity index is 441. The van der Waals surface area contributed by atoms with E-state index < -0.39 is 0 Å². The summed E-state index contributed by atoms with van der Waals surface area (Å²) in [7, 11) is 2.06. The lowest BCUT2D eigenvalue weighted by molar-refractivity contribution is 0.372. The van der Waals surface area contributed by atoms with Gasteiger partial charge < -0.3 is 14.7 Å². The number of unbranched alkanes of at least 4 members (excludes halogenated alkanes) is 1. The normalized spacial score (nSPS) is 11.5. The number of guanidine groups is 1. The second-order valence-electron chi connectivity index (χ2n) is 4.93. The van der Waals surface area contributed by atoms with Gasteiger partial charge in [0.15, 0.2) is 11.8 Å². The fraction of sp³-hybridized carbons (Fsp3) is 0.667. The van der Waals surface area contributed by atoms with Crippen LogP contribution in [0.3, 0.4) is 0 Å². The number of nitrogens with zero attached hydrogens (tertiary/aromatic N) is 4. The lowest BCUT2D eigenvalue weighted by atomic mass is 10.3. The molecule has 0 saturated carbocycles. The summed E-state index contributed by atoms with van der Waals surface area (Å²) in [5.41, 5.74) is 0. The van der Waals surface area contributed by atoms with Gasteiger partial charge in [0.05, 0.1) is 0 Å². The molecule has 0 aliphatic heterocycles. The highest BCUT2D eigenvalue weighted by Gasteiger charge is 2.05. The number of aryl methyl sites for hydroxylation is 2. The van der Waals surface area contributed by atoms with Crippen LogP contribution in [0.15, 0.2) is 22.2 Å². The Morgan fingerprint density at radius 1 is 1.48 bits per heavy atom. The van der Waals surface area contributed by atoms with Gasteiger partial charge >= 0.3 is 0 Å². The van der Waals surface area contributed by atoms with Gasteiger partial charge in [-0.05, 0) is 33.1 Å². The fourth-order valence-corrected chi connectivity index (χ4v) is 1.91. The predicted octanol–water partition coefficient (Wildman–Crippen LogP) is 2.17. The molecule has 21 heavy (non-hydrogen) atoms. The van der Waals surface area contributed by atoms with E-state index in [1.165, 1.54) is 0 Å². The van der Waals surface area contributed by atoms with Crippen molar-refractivity contribution in [3.63, 3.8) is 0 Å². The maximum Gasteiger partial charge on any atom is 0.226 e. The third-order valence-electron chi connectivity index (χ3n) is 2.98. The first-order valence-electron chi connectivity index (χ1n) is 7.57. The Balaban J connectivity index is 2.37. The van der Waals surface area contributed by atoms with Crippen molar-refractivity contribution >= 4 is 5.96 Å². The zero-order chi connectivity index (χ0) is 15.5. The van der Waals surface area contributed by atoms with Crippen LogP contribution in [-0.4, -0.2) is 47.7 Å². The highest BCUT2D eigenvalue weighted by atomic mass is 16.5. The van der Waals surface area contributed by atoms with Gasteiger partial charge in [-0.25, -0.2) is 0 Å². The molecule has 6 heteroatoms. The minimum Gasteiger partial charge on any atom is -0.357 e. The fourth-order valence-electron chi connectivity index (χ4n) is 1.91. The molecule has 0 amide bonds. The molecule has 0 aliphatic carbocycles. The van der Waals surface area contributed by atoms with Gasteiger partial charge in [0.25, 0.3) is 0 Å². The Hall–Kier alpha value is -1.85. The first kappa shape index (κ1) is 17.2. The van der Waals surface area contributed by atoms with Crippen molar-refractivity contribution in [2.45, 2.75) is 39.5 Å². The molecule has 1 aromatic rings. The van der Waals surface area contributed by atoms with E-state index >= 15 is 0 Å². The SMILES string of the molecule is C=CCCCN(C)C(=NCCCc1nc(C)no1)NCC. The zero-order valence-electron chi connectivity index (χ0n) is 13.4. The number of rotatable bonds is 9. The summed E-state index contributed by atoms with van der Waals surface area (Å²) in [4.78, 5) is 11.0. The molecule has 0 spiro atoms. The lowest BCUT2D eigenvalue weighted by Crippen LogP contribution is -2.39. The van der Waals surface area contributed by atoms with Crippen LogP contribution in [0.25, 0.3) is 0 Å². The van der Waals surface area contributed by atoms with Crippen LogP contribution in [0, 0.1) is 6.92 Å². The summed E-state index contributed by atoms with van der Waals surface area (Å²) in [5, 5.41) is 7.09. The monoisotopic (exact) mass is 293 g/mol. The van der Waals surface area contributed by atoms with E-state index in [9.17, 15) is 0 Å². The predicted molar refractivity (Wildman–Crippen MR) is 85.4 cm³/mol. The van der Waals surface area contributed by atoms with Crippen LogP contribution < -0.4 is 5.32 Å². The molecule has 1 N–H and O–H groups in total. The summed E-state index contributed by atoms with van der Waals surface area (Å²) >= 11 is 0. The van der Waals surface area contributed by atoms with Crippen LogP contribution in [0.5, 0.6) is 0 Å². The summed E-state index contributed by atoms with van der Waals surface area (Å²) < 4.78 is 5.09. The molecule has 0 fully saturated rings. The molecule has 0 aromatic carbocycles. The first-order valence-corrected chi connectivity index (χ1v) is 7.57. The molecule has 1 rings (SSSR count). The van der Waals surface area contributed by atoms with Crippen molar-refractivity contribution in [3.8, 4) is 0 Å². The van der Waals surface area contributed by atoms with Crippen LogP contribution in [0.2, 0.25) is 0 Å². The third kappa shape index (κ3) is 6.92. The van der Waals surface area contributed by atoms with E-state index in [4.69, 9.17) is 4.52 Å². The summed E-state index contributed by atoms with van der Waals surface area (Å²) in [5.74, 6) is 2.32. The van der Waals surface area contributed by atoms with Gasteiger partial charge in [0.2, 0.25) is 5.89 Å². The highest BCUT2D eigenvalue weighted by molar-refractivity contribution is 5.79. The highest BCUT2D eigenvalue weighted by Crippen LogP contribution is 2.01. The average Bonchev–Trinajstić information content (AvgIpc) is 2.88. The van der Waals surface area contributed by atoms with Crippen molar-refractivity contribution in [1.29, 1.82) is 0 Å². The van der Waals surface area contributed by atoms with E-state index in [2.05, 4.69) is 45.9 Å². The van der Waals surface area contributed by atoms with Crippen molar-refractivity contribution in [2.24, 2.45) is 4.99 Å². The van der Waals surface area contributed by atoms with Crippen LogP contribution in [-0.2, 0) is 6.42 Å². The molecular weight excluding hydrogens is 266 g/mol. The average molecular weight is 293 g/mol. The molecule has 1 aromatic heterocycles. The standard InChI is InChI=1S/C15H27N5O/c1-5-7-8-12-20(4)15(16-6-2)17-11-9-10-14-18-13(3)19-21-14/h5H,1,6-12H2,2-4H3,(H,16,17). The van der Waals surface area contributed by atoms with Gasteiger partial charge in [-0.1, -0.05) is 11.2 Å². The molecule has 0 unspecified atom stereocenters. The van der Waals surface area contributed by atoms with E-state index in [1.54, 1.807) is 0 Å². The first-order chi connectivity index (χ1) is 10.2. The van der Waals surface area contributed by atoms with Crippen molar-refractivity contribution < 1.29 is 4.52 Å². The van der Waals surface area contributed by atoms with Crippen molar-refractivity contribution in [3.05, 3.63) is 24.4 Å². The maximum absolute atomic E-state index is 5.09. The Kier molecular flexibility index (Phi) is 8.16. The Morgan fingerprint density at radius 2 is 2.29 bits per heavy atom. The molecular formula is C15H27N5O. The second kappa shape index (κ2) is 9.96. The van der Waals surface area contributed by atoms with Gasteiger partial charge in [-0.3, -0.25) is 4.99 Å². The van der Waals surface area contributed by atoms with Crippen LogP contribution in [0.1, 0.15) is 37.9 Å². The molecule has 0 aliphatic rings. The van der Waals surface area contributed by atoms with Gasteiger partial charge in [-0.2, -0.15) is 4.98 Å². The van der Waals surface area contributed by atoms with Crippen LogP contribution in [0.4, 0.5) is 0 Å². The minimum absolute atomic E-state index is 0.684. The number of hydrogen-bond acceptors (Lipinski definition) is 4. The summed E-state index contributed by atoms with van der Waals surface area (Å²) in [6.07, 6.45) is 5.73. The molecule has 0 bridgehead atoms. The van der Waals surface area contributed by atoms with Gasteiger partial charge in [-0.15, -0.1) is 6.58 Å². The topological polar surface area (TPSA) is 66.5 Å². The number of nitrogens with one attached hydrogen (secondary N) is 1. The van der Waals surface area contributed by atoms with Crippen molar-refractivity contribution in [2.75, 3.05) is 26.7 Å². The van der Waals surface area contributed by atoms with Gasteiger partial charge in [0, 0.05) is 33.1 Å². The number of aliphatic imine (C=N–C) groups is 1. The summed E-state index contributed by atoms with van der Waals surface area (Å²) in [6, 6.07) is 0. The number of hydrogen-bond donors (Lipinski definition) is 1. The quantitative estimate of drug-likeness (QED) is 0.327. The van der Waals surface area contributed by atoms with E-state index in [-0.39, 0.29) is 0 Å². The number of aromatic nitrogens is 2. The smallest absolute Gasteiger partial charge is 0.226 e. The minimum atomic E-state index is 0.684. The molecule has 0 radical (unpaired) electrons. The van der Waals surface area contributed by atoms with Crippen LogP contribution >= 0.6 is 0 Å². The third-order valence-corrected chi connectivity index (χ3v) is 2.98. The molecule has 0 atom stereocenters. The summed E-state index contributed by atoms with van der Waals surface area (Å²) in [6.45, 7) is 10.2. The molecule has 1 heterocycles. The number of allylic oxidation sites excluding steroid dienone is 1. The Labute approximate surface area is 127 Å². The molecule has 6 nitrogen and oxygen atoms in total. The largest absolute Gasteiger partial charge is 0.357 e. The van der Waals surface area contributed by atoms with E-state index in [0.29, 0.717) is 11.7 Å². The second-order valence-corrected chi connectivity index (χ2v) is 4.93. The van der Waals surface area contributed by atoms with E-state index in [0.717, 1.165) is 51.3 Å². The molecule has 0 saturated heterocycles. The van der Waals surface area contributed by atoms with Crippen molar-refractivity contribution in [1.82, 2.24) is 20.4 Å².